The molecule has 0 saturated carbocycles. The van der Waals surface area contributed by atoms with E-state index in [0.29, 0.717) is 12.2 Å². The van der Waals surface area contributed by atoms with E-state index in [4.69, 9.17) is 16.6 Å². The molecule has 4 amide bonds. The Balaban J connectivity index is 5.27. The number of amides is 4. The molecule has 0 heterocycles. The summed E-state index contributed by atoms with van der Waals surface area (Å²) in [5.41, 5.74) is 11.0. The lowest BCUT2D eigenvalue weighted by Gasteiger charge is -2.26. The maximum Gasteiger partial charge on any atom is 0.325 e. The fourth-order valence-electron chi connectivity index (χ4n) is 2.36. The van der Waals surface area contributed by atoms with Crippen molar-refractivity contribution in [2.75, 3.05) is 12.0 Å². The predicted octanol–water partition coefficient (Wildman–Crippen LogP) is -1.45. The maximum atomic E-state index is 12.8. The number of carbonyl (C=O) groups is 5. The predicted molar refractivity (Wildman–Crippen MR) is 113 cm³/mol. The van der Waals surface area contributed by atoms with Crippen LogP contribution in [0.3, 0.4) is 0 Å². The Morgan fingerprint density at radius 2 is 1.53 bits per heavy atom. The van der Waals surface area contributed by atoms with Gasteiger partial charge in [0, 0.05) is 6.42 Å². The van der Waals surface area contributed by atoms with Crippen LogP contribution in [0.5, 0.6) is 0 Å². The summed E-state index contributed by atoms with van der Waals surface area (Å²) in [6.45, 7) is 4.69. The second-order valence-corrected chi connectivity index (χ2v) is 8.24. The summed E-state index contributed by atoms with van der Waals surface area (Å²) in [7, 11) is 0. The SMILES string of the molecule is CSCCC(N)C(=O)NC(C(=O)NC(CCC(N)=O)C(=O)NC(C)C(=O)O)C(C)C. The third-order valence-electron chi connectivity index (χ3n) is 4.26. The van der Waals surface area contributed by atoms with Crippen LogP contribution in [0.2, 0.25) is 0 Å². The van der Waals surface area contributed by atoms with Gasteiger partial charge >= 0.3 is 5.97 Å². The first-order valence-corrected chi connectivity index (χ1v) is 11.0. The molecule has 4 unspecified atom stereocenters. The molecule has 0 rings (SSSR count). The monoisotopic (exact) mass is 447 g/mol. The summed E-state index contributed by atoms with van der Waals surface area (Å²) < 4.78 is 0. The third kappa shape index (κ3) is 10.4. The Morgan fingerprint density at radius 3 is 2.00 bits per heavy atom. The number of carbonyl (C=O) groups excluding carboxylic acids is 4. The molecule has 172 valence electrons. The van der Waals surface area contributed by atoms with Crippen LogP contribution in [0.1, 0.15) is 40.0 Å². The van der Waals surface area contributed by atoms with E-state index < -0.39 is 53.8 Å². The molecular formula is C18H33N5O6S. The van der Waals surface area contributed by atoms with Crippen LogP contribution in [-0.2, 0) is 24.0 Å². The number of carboxylic acid groups (broad SMARTS) is 1. The van der Waals surface area contributed by atoms with E-state index in [9.17, 15) is 24.0 Å². The number of aliphatic carboxylic acids is 1. The van der Waals surface area contributed by atoms with Gasteiger partial charge in [-0.15, -0.1) is 0 Å². The zero-order valence-electron chi connectivity index (χ0n) is 17.8. The number of rotatable bonds is 14. The molecular weight excluding hydrogens is 414 g/mol. The molecule has 0 saturated heterocycles. The van der Waals surface area contributed by atoms with Gasteiger partial charge in [0.25, 0.3) is 0 Å². The molecule has 0 aromatic carbocycles. The van der Waals surface area contributed by atoms with Crippen molar-refractivity contribution < 1.29 is 29.1 Å². The van der Waals surface area contributed by atoms with E-state index in [-0.39, 0.29) is 18.8 Å². The first kappa shape index (κ1) is 27.7. The maximum absolute atomic E-state index is 12.8. The fraction of sp³-hybridized carbons (Fsp3) is 0.722. The number of hydrogen-bond donors (Lipinski definition) is 6. The average Bonchev–Trinajstić information content (AvgIpc) is 2.65. The number of carboxylic acids is 1. The highest BCUT2D eigenvalue weighted by Gasteiger charge is 2.31. The highest BCUT2D eigenvalue weighted by atomic mass is 32.2. The number of primary amides is 1. The molecule has 0 radical (unpaired) electrons. The van der Waals surface area contributed by atoms with Crippen molar-refractivity contribution in [2.24, 2.45) is 17.4 Å². The van der Waals surface area contributed by atoms with Crippen molar-refractivity contribution in [3.05, 3.63) is 0 Å². The Bertz CT molecular complexity index is 630. The van der Waals surface area contributed by atoms with Gasteiger partial charge in [0.2, 0.25) is 23.6 Å². The van der Waals surface area contributed by atoms with Crippen LogP contribution >= 0.6 is 11.8 Å². The Hall–Kier alpha value is -2.34. The van der Waals surface area contributed by atoms with Gasteiger partial charge in [-0.1, -0.05) is 13.8 Å². The van der Waals surface area contributed by atoms with Gasteiger partial charge in [-0.25, -0.2) is 0 Å². The Labute approximate surface area is 180 Å². The lowest BCUT2D eigenvalue weighted by Crippen LogP contribution is -2.58. The highest BCUT2D eigenvalue weighted by molar-refractivity contribution is 7.98. The standard InChI is InChI=1S/C18H33N5O6S/c1-9(2)14(23-15(25)11(19)7-8-30-4)17(27)22-12(5-6-13(20)24)16(26)21-10(3)18(28)29/h9-12,14H,5-8,19H2,1-4H3,(H2,20,24)(H,21,26)(H,22,27)(H,23,25)(H,28,29). The zero-order chi connectivity index (χ0) is 23.4. The number of nitrogens with one attached hydrogen (secondary N) is 3. The smallest absolute Gasteiger partial charge is 0.325 e. The summed E-state index contributed by atoms with van der Waals surface area (Å²) >= 11 is 1.54. The lowest BCUT2D eigenvalue weighted by atomic mass is 10.0. The quantitative estimate of drug-likeness (QED) is 0.186. The second kappa shape index (κ2) is 13.8. The summed E-state index contributed by atoms with van der Waals surface area (Å²) in [4.78, 5) is 59.5. The summed E-state index contributed by atoms with van der Waals surface area (Å²) in [5.74, 6) is -3.48. The van der Waals surface area contributed by atoms with Crippen molar-refractivity contribution in [1.29, 1.82) is 0 Å². The van der Waals surface area contributed by atoms with Crippen molar-refractivity contribution in [1.82, 2.24) is 16.0 Å². The molecule has 8 N–H and O–H groups in total. The van der Waals surface area contributed by atoms with Crippen molar-refractivity contribution >= 4 is 41.4 Å². The van der Waals surface area contributed by atoms with E-state index in [0.717, 1.165) is 0 Å². The van der Waals surface area contributed by atoms with Gasteiger partial charge in [0.1, 0.15) is 18.1 Å². The minimum atomic E-state index is -1.25. The molecule has 0 spiro atoms. The van der Waals surface area contributed by atoms with Crippen LogP contribution in [0.4, 0.5) is 0 Å². The van der Waals surface area contributed by atoms with Crippen LogP contribution in [0.15, 0.2) is 0 Å². The number of thioether (sulfide) groups is 1. The molecule has 0 aromatic heterocycles. The number of hydrogen-bond acceptors (Lipinski definition) is 7. The molecule has 30 heavy (non-hydrogen) atoms. The zero-order valence-corrected chi connectivity index (χ0v) is 18.6. The van der Waals surface area contributed by atoms with Crippen LogP contribution in [-0.4, -0.2) is 70.9 Å². The van der Waals surface area contributed by atoms with E-state index in [2.05, 4.69) is 16.0 Å². The molecule has 0 aliphatic heterocycles. The molecule has 0 aliphatic rings. The van der Waals surface area contributed by atoms with Gasteiger partial charge in [0.15, 0.2) is 0 Å². The first-order chi connectivity index (χ1) is 13.9. The molecule has 11 nitrogen and oxygen atoms in total. The van der Waals surface area contributed by atoms with Crippen molar-refractivity contribution in [3.63, 3.8) is 0 Å². The van der Waals surface area contributed by atoms with Crippen molar-refractivity contribution in [3.8, 4) is 0 Å². The molecule has 0 aliphatic carbocycles. The van der Waals surface area contributed by atoms with Gasteiger partial charge in [-0.05, 0) is 37.7 Å². The lowest BCUT2D eigenvalue weighted by molar-refractivity contribution is -0.142. The largest absolute Gasteiger partial charge is 0.480 e. The summed E-state index contributed by atoms with van der Waals surface area (Å²) in [6.07, 6.45) is 2.01. The van der Waals surface area contributed by atoms with Crippen LogP contribution in [0.25, 0.3) is 0 Å². The minimum Gasteiger partial charge on any atom is -0.480 e. The average molecular weight is 448 g/mol. The molecule has 0 fully saturated rings. The van der Waals surface area contributed by atoms with Gasteiger partial charge in [-0.3, -0.25) is 24.0 Å². The highest BCUT2D eigenvalue weighted by Crippen LogP contribution is 2.07. The van der Waals surface area contributed by atoms with E-state index in [1.54, 1.807) is 25.6 Å². The molecule has 0 aromatic rings. The number of nitrogens with two attached hydrogens (primary N) is 2. The summed E-state index contributed by atoms with van der Waals surface area (Å²) in [5, 5.41) is 16.3. The van der Waals surface area contributed by atoms with Crippen LogP contribution < -0.4 is 27.4 Å². The Kier molecular flexibility index (Phi) is 12.7. The summed E-state index contributed by atoms with van der Waals surface area (Å²) in [6, 6.07) is -4.15. The van der Waals surface area contributed by atoms with E-state index >= 15 is 0 Å². The van der Waals surface area contributed by atoms with E-state index in [1.165, 1.54) is 6.92 Å². The minimum absolute atomic E-state index is 0.120. The molecule has 12 heteroatoms. The Morgan fingerprint density at radius 1 is 0.933 bits per heavy atom. The molecule has 0 bridgehead atoms. The van der Waals surface area contributed by atoms with Gasteiger partial charge in [0.05, 0.1) is 6.04 Å². The van der Waals surface area contributed by atoms with Crippen molar-refractivity contribution in [2.45, 2.75) is 64.2 Å². The first-order valence-electron chi connectivity index (χ1n) is 9.57. The topological polar surface area (TPSA) is 194 Å². The molecule has 4 atom stereocenters. The third-order valence-corrected chi connectivity index (χ3v) is 4.90. The fourth-order valence-corrected chi connectivity index (χ4v) is 2.85. The van der Waals surface area contributed by atoms with Crippen LogP contribution in [0, 0.1) is 5.92 Å². The normalized spacial score (nSPS) is 14.9. The second-order valence-electron chi connectivity index (χ2n) is 7.25. The van der Waals surface area contributed by atoms with E-state index in [1.807, 2.05) is 6.26 Å². The van der Waals surface area contributed by atoms with Gasteiger partial charge < -0.3 is 32.5 Å². The van der Waals surface area contributed by atoms with Gasteiger partial charge in [-0.2, -0.15) is 11.8 Å².